The summed E-state index contributed by atoms with van der Waals surface area (Å²) in [6.45, 7) is 8.60. The minimum Gasteiger partial charge on any atom is -0.297 e. The third-order valence-electron chi connectivity index (χ3n) is 2.85. The number of hydrogen-bond donors (Lipinski definition) is 1. The van der Waals surface area contributed by atoms with Crippen molar-refractivity contribution in [1.29, 1.82) is 0 Å². The highest BCUT2D eigenvalue weighted by molar-refractivity contribution is 5.53. The first kappa shape index (κ1) is 13.6. The molecule has 1 unspecified atom stereocenters. The van der Waals surface area contributed by atoms with E-state index >= 15 is 0 Å². The summed E-state index contributed by atoms with van der Waals surface area (Å²) in [5, 5.41) is 0. The molecule has 0 spiro atoms. The van der Waals surface area contributed by atoms with Crippen molar-refractivity contribution in [3.63, 3.8) is 0 Å². The lowest BCUT2D eigenvalue weighted by Gasteiger charge is -2.29. The van der Waals surface area contributed by atoms with Crippen molar-refractivity contribution >= 4 is 6.21 Å². The maximum atomic E-state index is 5.87. The van der Waals surface area contributed by atoms with Gasteiger partial charge in [-0.05, 0) is 39.4 Å². The Labute approximate surface area is 88.4 Å². The first-order valence-electron chi connectivity index (χ1n) is 5.48. The van der Waals surface area contributed by atoms with Crippen LogP contribution >= 0.6 is 0 Å². The normalized spacial score (nSPS) is 18.8. The number of aliphatic imine (C=N–C) groups is 1. The Balaban J connectivity index is 4.03. The maximum absolute atomic E-state index is 5.87. The topological polar surface area (TPSA) is 41.6 Å². The van der Waals surface area contributed by atoms with E-state index in [2.05, 4.69) is 30.7 Å². The molecule has 2 N–H and O–H groups in total. The molecular weight excluding hydrogens is 174 g/mol. The average Bonchev–Trinajstić information content (AvgIpc) is 2.16. The number of nitrogens with zero attached hydrogens (tertiary/aromatic N) is 2. The molecule has 0 aliphatic rings. The zero-order valence-corrected chi connectivity index (χ0v) is 10.2. The van der Waals surface area contributed by atoms with E-state index in [1.54, 1.807) is 6.21 Å². The Bertz CT molecular complexity index is 168. The Morgan fingerprint density at radius 2 is 2.00 bits per heavy atom. The van der Waals surface area contributed by atoms with E-state index in [1.807, 2.05) is 14.0 Å². The summed E-state index contributed by atoms with van der Waals surface area (Å²) in [5.74, 6) is 0.755. The minimum atomic E-state index is -0.195. The van der Waals surface area contributed by atoms with Gasteiger partial charge in [0.05, 0.1) is 0 Å². The van der Waals surface area contributed by atoms with Crippen LogP contribution in [0.3, 0.4) is 0 Å². The molecule has 0 rings (SSSR count). The van der Waals surface area contributed by atoms with Crippen LogP contribution in [0.15, 0.2) is 4.99 Å². The van der Waals surface area contributed by atoms with Gasteiger partial charge in [0.1, 0.15) is 0 Å². The van der Waals surface area contributed by atoms with Crippen LogP contribution in [0, 0.1) is 5.92 Å². The zero-order valence-electron chi connectivity index (χ0n) is 10.2. The van der Waals surface area contributed by atoms with Gasteiger partial charge in [0.15, 0.2) is 6.29 Å². The maximum Gasteiger partial charge on any atom is 0.153 e. The second-order valence-electron chi connectivity index (χ2n) is 4.08. The Morgan fingerprint density at radius 1 is 1.43 bits per heavy atom. The summed E-state index contributed by atoms with van der Waals surface area (Å²) >= 11 is 0. The van der Waals surface area contributed by atoms with Gasteiger partial charge < -0.3 is 0 Å². The van der Waals surface area contributed by atoms with E-state index in [4.69, 9.17) is 5.73 Å². The molecule has 0 aliphatic carbocycles. The molecule has 0 amide bonds. The van der Waals surface area contributed by atoms with Gasteiger partial charge in [0, 0.05) is 6.04 Å². The van der Waals surface area contributed by atoms with Gasteiger partial charge in [-0.3, -0.25) is 15.6 Å². The van der Waals surface area contributed by atoms with Crippen LogP contribution in [0.5, 0.6) is 0 Å². The second-order valence-corrected chi connectivity index (χ2v) is 4.08. The summed E-state index contributed by atoms with van der Waals surface area (Å²) in [7, 11) is 2.03. The van der Waals surface area contributed by atoms with E-state index in [0.717, 1.165) is 5.92 Å². The predicted molar refractivity (Wildman–Crippen MR) is 63.4 cm³/mol. The highest BCUT2D eigenvalue weighted by atomic mass is 15.3. The molecule has 0 saturated heterocycles. The van der Waals surface area contributed by atoms with Crippen LogP contribution in [0.4, 0.5) is 0 Å². The first-order chi connectivity index (χ1) is 6.52. The Hall–Kier alpha value is -0.410. The van der Waals surface area contributed by atoms with Gasteiger partial charge in [0.25, 0.3) is 0 Å². The molecule has 0 fully saturated rings. The van der Waals surface area contributed by atoms with Crippen molar-refractivity contribution < 1.29 is 0 Å². The lowest BCUT2D eigenvalue weighted by Crippen LogP contribution is -2.43. The molecule has 0 aromatic carbocycles. The van der Waals surface area contributed by atoms with Crippen molar-refractivity contribution in [3.05, 3.63) is 0 Å². The molecule has 0 saturated carbocycles. The van der Waals surface area contributed by atoms with E-state index < -0.39 is 0 Å². The van der Waals surface area contributed by atoms with Crippen molar-refractivity contribution in [1.82, 2.24) is 4.90 Å². The SMILES string of the molecule is C/C=N\[C@@H](N)N(C)C(C)C[C@H](C)CC. The van der Waals surface area contributed by atoms with Crippen molar-refractivity contribution in [2.45, 2.75) is 52.9 Å². The average molecular weight is 199 g/mol. The summed E-state index contributed by atoms with van der Waals surface area (Å²) < 4.78 is 0. The summed E-state index contributed by atoms with van der Waals surface area (Å²) in [5.41, 5.74) is 5.87. The predicted octanol–water partition coefficient (Wildman–Crippen LogP) is 2.08. The smallest absolute Gasteiger partial charge is 0.153 e. The molecule has 0 heterocycles. The van der Waals surface area contributed by atoms with Gasteiger partial charge in [-0.2, -0.15) is 0 Å². The van der Waals surface area contributed by atoms with Crippen molar-refractivity contribution in [3.8, 4) is 0 Å². The molecule has 0 aliphatic heterocycles. The fourth-order valence-corrected chi connectivity index (χ4v) is 1.43. The third-order valence-corrected chi connectivity index (χ3v) is 2.85. The molecule has 0 aromatic rings. The van der Waals surface area contributed by atoms with Gasteiger partial charge in [-0.25, -0.2) is 0 Å². The van der Waals surface area contributed by atoms with E-state index in [1.165, 1.54) is 12.8 Å². The van der Waals surface area contributed by atoms with E-state index in [0.29, 0.717) is 6.04 Å². The number of hydrogen-bond acceptors (Lipinski definition) is 3. The van der Waals surface area contributed by atoms with E-state index in [9.17, 15) is 0 Å². The van der Waals surface area contributed by atoms with Crippen LogP contribution < -0.4 is 5.73 Å². The third kappa shape index (κ3) is 4.72. The van der Waals surface area contributed by atoms with Crippen LogP contribution in [0.1, 0.15) is 40.5 Å². The van der Waals surface area contributed by atoms with Crippen molar-refractivity contribution in [2.24, 2.45) is 16.6 Å². The van der Waals surface area contributed by atoms with Gasteiger partial charge in [-0.1, -0.05) is 20.3 Å². The first-order valence-corrected chi connectivity index (χ1v) is 5.48. The minimum absolute atomic E-state index is 0.195. The van der Waals surface area contributed by atoms with Gasteiger partial charge >= 0.3 is 0 Å². The monoisotopic (exact) mass is 199 g/mol. The van der Waals surface area contributed by atoms with Gasteiger partial charge in [-0.15, -0.1) is 0 Å². The highest BCUT2D eigenvalue weighted by Crippen LogP contribution is 2.14. The molecule has 3 nitrogen and oxygen atoms in total. The standard InChI is InChI=1S/C11H25N3/c1-6-9(3)8-10(4)14(5)11(12)13-7-2/h7,9-11H,6,8,12H2,1-5H3/b13-7-/t9-,10?,11-/m1/s1. The van der Waals surface area contributed by atoms with Crippen LogP contribution in [-0.4, -0.2) is 30.5 Å². The molecule has 3 atom stereocenters. The van der Waals surface area contributed by atoms with E-state index in [-0.39, 0.29) is 6.29 Å². The Kier molecular flexibility index (Phi) is 6.75. The molecule has 3 heteroatoms. The molecular formula is C11H25N3. The quantitative estimate of drug-likeness (QED) is 0.525. The van der Waals surface area contributed by atoms with Crippen LogP contribution in [-0.2, 0) is 0 Å². The lowest BCUT2D eigenvalue weighted by atomic mass is 10.00. The van der Waals surface area contributed by atoms with Crippen LogP contribution in [0.25, 0.3) is 0 Å². The lowest BCUT2D eigenvalue weighted by molar-refractivity contribution is 0.169. The summed E-state index contributed by atoms with van der Waals surface area (Å²) in [4.78, 5) is 6.27. The summed E-state index contributed by atoms with van der Waals surface area (Å²) in [6, 6.07) is 0.489. The van der Waals surface area contributed by atoms with Crippen molar-refractivity contribution in [2.75, 3.05) is 7.05 Å². The molecule has 84 valence electrons. The fraction of sp³-hybridized carbons (Fsp3) is 0.909. The highest BCUT2D eigenvalue weighted by Gasteiger charge is 2.16. The molecule has 0 radical (unpaired) electrons. The summed E-state index contributed by atoms with van der Waals surface area (Å²) in [6.07, 6.45) is 3.97. The Morgan fingerprint density at radius 3 is 2.43 bits per heavy atom. The zero-order chi connectivity index (χ0) is 11.1. The fourth-order valence-electron chi connectivity index (χ4n) is 1.43. The van der Waals surface area contributed by atoms with Gasteiger partial charge in [0.2, 0.25) is 0 Å². The van der Waals surface area contributed by atoms with Crippen LogP contribution in [0.2, 0.25) is 0 Å². The second kappa shape index (κ2) is 6.96. The number of nitrogens with two attached hydrogens (primary N) is 1. The largest absolute Gasteiger partial charge is 0.297 e. The number of rotatable bonds is 6. The molecule has 0 bridgehead atoms. The molecule has 14 heavy (non-hydrogen) atoms. The molecule has 0 aromatic heterocycles.